The van der Waals surface area contributed by atoms with Crippen molar-refractivity contribution in [2.24, 2.45) is 0 Å². The first kappa shape index (κ1) is 40.0. The zero-order valence-electron chi connectivity index (χ0n) is 25.5. The van der Waals surface area contributed by atoms with Crippen LogP contribution in [0.15, 0.2) is 0 Å². The molecule has 0 aromatic rings. The molecule has 2 unspecified atom stereocenters. The van der Waals surface area contributed by atoms with Gasteiger partial charge in [-0.25, -0.2) is 9.59 Å². The molecule has 0 aromatic heterocycles. The number of ether oxygens (including phenoxy) is 3. The topological polar surface area (TPSA) is 103 Å². The number of esters is 2. The minimum absolute atomic E-state index is 0.0627. The molecule has 0 saturated carbocycles. The van der Waals surface area contributed by atoms with Crippen molar-refractivity contribution < 1.29 is 28.6 Å². The molecule has 240 valence electrons. The summed E-state index contributed by atoms with van der Waals surface area (Å²) in [7, 11) is 0. The molecule has 0 heterocycles. The SMILES string of the molecule is CCCCCCCCCCOC(=O)C(CS)NC(=O)COCC(=S)NC(CS)C(=O)OCCCCCCCCCC. The Balaban J connectivity index is 4.04. The van der Waals surface area contributed by atoms with Crippen LogP contribution in [0.25, 0.3) is 0 Å². The van der Waals surface area contributed by atoms with Crippen molar-refractivity contribution in [3.63, 3.8) is 0 Å². The van der Waals surface area contributed by atoms with Crippen molar-refractivity contribution in [2.45, 2.75) is 129 Å². The summed E-state index contributed by atoms with van der Waals surface area (Å²) in [5.74, 6) is -1.07. The highest BCUT2D eigenvalue weighted by Crippen LogP contribution is 2.10. The number of hydrogen-bond donors (Lipinski definition) is 4. The van der Waals surface area contributed by atoms with Crippen molar-refractivity contribution in [2.75, 3.05) is 37.9 Å². The normalized spacial score (nSPS) is 12.4. The highest BCUT2D eigenvalue weighted by molar-refractivity contribution is 7.80. The van der Waals surface area contributed by atoms with Gasteiger partial charge in [0.05, 0.1) is 19.8 Å². The van der Waals surface area contributed by atoms with E-state index in [0.717, 1.165) is 38.5 Å². The van der Waals surface area contributed by atoms with Crippen molar-refractivity contribution in [1.82, 2.24) is 10.6 Å². The van der Waals surface area contributed by atoms with E-state index in [1.54, 1.807) is 0 Å². The maximum atomic E-state index is 12.3. The zero-order chi connectivity index (χ0) is 30.6. The van der Waals surface area contributed by atoms with E-state index in [4.69, 9.17) is 26.4 Å². The van der Waals surface area contributed by atoms with Gasteiger partial charge in [-0.05, 0) is 12.8 Å². The van der Waals surface area contributed by atoms with Crippen LogP contribution in [0.3, 0.4) is 0 Å². The summed E-state index contributed by atoms with van der Waals surface area (Å²) < 4.78 is 16.0. The second-order valence-electron chi connectivity index (χ2n) is 10.4. The largest absolute Gasteiger partial charge is 0.464 e. The fourth-order valence-corrected chi connectivity index (χ4v) is 4.79. The molecule has 2 N–H and O–H groups in total. The van der Waals surface area contributed by atoms with E-state index in [9.17, 15) is 14.4 Å². The van der Waals surface area contributed by atoms with Gasteiger partial charge < -0.3 is 24.8 Å². The van der Waals surface area contributed by atoms with E-state index in [2.05, 4.69) is 49.7 Å². The van der Waals surface area contributed by atoms with Gasteiger partial charge in [-0.2, -0.15) is 25.3 Å². The van der Waals surface area contributed by atoms with Crippen LogP contribution in [-0.4, -0.2) is 72.9 Å². The standard InChI is InChI=1S/C30H56N2O6S3/c1-3-5-7-9-11-13-15-17-19-37-29(34)25(23-39)31-27(33)21-36-22-28(41)32-26(24-40)30(35)38-20-18-16-14-12-10-8-6-4-2/h25-26,39-40H,3-24H2,1-2H3,(H,31,33)(H,32,41). The van der Waals surface area contributed by atoms with Crippen LogP contribution in [0, 0.1) is 0 Å². The molecule has 0 aliphatic carbocycles. The van der Waals surface area contributed by atoms with E-state index in [1.165, 1.54) is 64.2 Å². The Bertz CT molecular complexity index is 643. The average molecular weight is 637 g/mol. The Morgan fingerprint density at radius 2 is 1.00 bits per heavy atom. The fraction of sp³-hybridized carbons (Fsp3) is 0.867. The molecule has 0 spiro atoms. The van der Waals surface area contributed by atoms with Gasteiger partial charge in [0.15, 0.2) is 0 Å². The zero-order valence-corrected chi connectivity index (χ0v) is 28.1. The Labute approximate surface area is 265 Å². The molecule has 0 rings (SSSR count). The third-order valence-electron chi connectivity index (χ3n) is 6.56. The Kier molecular flexibility index (Phi) is 28.3. The number of nitrogens with one attached hydrogen (secondary N) is 2. The highest BCUT2D eigenvalue weighted by Gasteiger charge is 2.22. The first-order chi connectivity index (χ1) is 19.9. The lowest BCUT2D eigenvalue weighted by Crippen LogP contribution is -2.46. The molecular formula is C30H56N2O6S3. The van der Waals surface area contributed by atoms with E-state index in [1.807, 2.05) is 0 Å². The maximum Gasteiger partial charge on any atom is 0.329 e. The van der Waals surface area contributed by atoms with Gasteiger partial charge in [-0.3, -0.25) is 4.79 Å². The summed E-state index contributed by atoms with van der Waals surface area (Å²) in [4.78, 5) is 37.1. The summed E-state index contributed by atoms with van der Waals surface area (Å²) >= 11 is 13.6. The third-order valence-corrected chi connectivity index (χ3v) is 7.52. The monoisotopic (exact) mass is 636 g/mol. The van der Waals surface area contributed by atoms with Crippen molar-refractivity contribution in [1.29, 1.82) is 0 Å². The van der Waals surface area contributed by atoms with E-state index >= 15 is 0 Å². The maximum absolute atomic E-state index is 12.3. The van der Waals surface area contributed by atoms with E-state index in [0.29, 0.717) is 13.2 Å². The van der Waals surface area contributed by atoms with Gasteiger partial charge >= 0.3 is 11.9 Å². The van der Waals surface area contributed by atoms with Crippen LogP contribution in [0.4, 0.5) is 0 Å². The van der Waals surface area contributed by atoms with Crippen LogP contribution in [-0.2, 0) is 28.6 Å². The second-order valence-corrected chi connectivity index (χ2v) is 11.6. The van der Waals surface area contributed by atoms with Crippen LogP contribution in [0.5, 0.6) is 0 Å². The lowest BCUT2D eigenvalue weighted by atomic mass is 10.1. The second kappa shape index (κ2) is 29.1. The number of carbonyl (C=O) groups excluding carboxylic acids is 3. The van der Waals surface area contributed by atoms with Gasteiger partial charge in [-0.1, -0.05) is 116 Å². The lowest BCUT2D eigenvalue weighted by Gasteiger charge is -2.18. The summed E-state index contributed by atoms with van der Waals surface area (Å²) in [6.07, 6.45) is 18.6. The molecule has 2 atom stereocenters. The Hall–Kier alpha value is -1.04. The number of amides is 1. The lowest BCUT2D eigenvalue weighted by molar-refractivity contribution is -0.147. The summed E-state index contributed by atoms with van der Waals surface area (Å²) in [5.41, 5.74) is 0. The van der Waals surface area contributed by atoms with E-state index in [-0.39, 0.29) is 29.7 Å². The van der Waals surface area contributed by atoms with Gasteiger partial charge in [0, 0.05) is 11.5 Å². The van der Waals surface area contributed by atoms with Crippen molar-refractivity contribution in [3.05, 3.63) is 0 Å². The number of rotatable bonds is 28. The van der Waals surface area contributed by atoms with Gasteiger partial charge in [0.2, 0.25) is 5.91 Å². The molecule has 1 amide bonds. The third kappa shape index (κ3) is 24.1. The first-order valence-electron chi connectivity index (χ1n) is 15.6. The van der Waals surface area contributed by atoms with Gasteiger partial charge in [0.1, 0.15) is 23.7 Å². The van der Waals surface area contributed by atoms with Gasteiger partial charge in [-0.15, -0.1) is 0 Å². The molecule has 0 bridgehead atoms. The predicted molar refractivity (Wildman–Crippen MR) is 177 cm³/mol. The fourth-order valence-electron chi connectivity index (χ4n) is 4.09. The number of thiol groups is 2. The van der Waals surface area contributed by atoms with Crippen LogP contribution in [0.1, 0.15) is 117 Å². The van der Waals surface area contributed by atoms with E-state index < -0.39 is 29.9 Å². The minimum atomic E-state index is -0.849. The number of unbranched alkanes of at least 4 members (excludes halogenated alkanes) is 14. The quantitative estimate of drug-likeness (QED) is 0.0359. The molecule has 0 aliphatic rings. The van der Waals surface area contributed by atoms with Crippen LogP contribution < -0.4 is 10.6 Å². The van der Waals surface area contributed by atoms with Crippen molar-refractivity contribution in [3.8, 4) is 0 Å². The number of thiocarbonyl (C=S) groups is 1. The van der Waals surface area contributed by atoms with Crippen molar-refractivity contribution >= 4 is 60.3 Å². The molecule has 8 nitrogen and oxygen atoms in total. The minimum Gasteiger partial charge on any atom is -0.464 e. The molecule has 0 saturated heterocycles. The smallest absolute Gasteiger partial charge is 0.329 e. The molecule has 0 radical (unpaired) electrons. The molecule has 0 fully saturated rings. The van der Waals surface area contributed by atoms with Crippen LogP contribution in [0.2, 0.25) is 0 Å². The van der Waals surface area contributed by atoms with Gasteiger partial charge in [0.25, 0.3) is 0 Å². The summed E-state index contributed by atoms with van der Waals surface area (Å²) in [5, 5.41) is 5.46. The van der Waals surface area contributed by atoms with Crippen LogP contribution >= 0.6 is 37.5 Å². The summed E-state index contributed by atoms with van der Waals surface area (Å²) in [6.45, 7) is 4.75. The number of hydrogen-bond acceptors (Lipinski definition) is 9. The summed E-state index contributed by atoms with van der Waals surface area (Å²) in [6, 6.07) is -1.54. The highest BCUT2D eigenvalue weighted by atomic mass is 32.1. The average Bonchev–Trinajstić information content (AvgIpc) is 2.96. The molecule has 0 aliphatic heterocycles. The molecular weight excluding hydrogens is 581 g/mol. The molecule has 41 heavy (non-hydrogen) atoms. The predicted octanol–water partition coefficient (Wildman–Crippen LogP) is 6.00. The molecule has 0 aromatic carbocycles. The molecule has 11 heteroatoms. The number of carbonyl (C=O) groups is 3. The Morgan fingerprint density at radius 1 is 0.610 bits per heavy atom. The first-order valence-corrected chi connectivity index (χ1v) is 17.3. The Morgan fingerprint density at radius 3 is 1.41 bits per heavy atom.